The van der Waals surface area contributed by atoms with Gasteiger partial charge in [0.1, 0.15) is 10.8 Å². The number of amides is 1. The van der Waals surface area contributed by atoms with Gasteiger partial charge in [0, 0.05) is 23.9 Å². The second-order valence-electron chi connectivity index (χ2n) is 5.14. The van der Waals surface area contributed by atoms with Gasteiger partial charge in [0.25, 0.3) is 5.91 Å². The fourth-order valence-corrected chi connectivity index (χ4v) is 3.29. The summed E-state index contributed by atoms with van der Waals surface area (Å²) in [6, 6.07) is 13.3. The zero-order valence-corrected chi connectivity index (χ0v) is 14.2. The molecule has 0 unspecified atom stereocenters. The Bertz CT molecular complexity index is 865. The summed E-state index contributed by atoms with van der Waals surface area (Å²) in [6.45, 7) is 0.455. The number of nitrogens with zero attached hydrogens (tertiary/aromatic N) is 1. The minimum absolute atomic E-state index is 0.207. The summed E-state index contributed by atoms with van der Waals surface area (Å²) in [5, 5.41) is 5.94. The van der Waals surface area contributed by atoms with Crippen LogP contribution in [0.4, 0.5) is 4.39 Å². The summed E-state index contributed by atoms with van der Waals surface area (Å²) in [5.74, 6) is -0.488. The molecule has 24 heavy (non-hydrogen) atoms. The lowest BCUT2D eigenvalue weighted by molar-refractivity contribution is 0.0954. The first-order valence-electron chi connectivity index (χ1n) is 7.36. The predicted octanol–water partition coefficient (Wildman–Crippen LogP) is 4.58. The first kappa shape index (κ1) is 16.6. The molecule has 122 valence electrons. The number of halogens is 2. The zero-order valence-electron chi connectivity index (χ0n) is 12.6. The first-order chi connectivity index (χ1) is 11.6. The SMILES string of the molecule is O=C(NCCc1csc(-c2cccc(F)c2)n1)c1ccccc1Cl. The van der Waals surface area contributed by atoms with E-state index in [0.29, 0.717) is 23.6 Å². The van der Waals surface area contributed by atoms with E-state index < -0.39 is 0 Å². The molecular weight excluding hydrogens is 347 g/mol. The molecule has 3 aromatic rings. The normalized spacial score (nSPS) is 10.6. The fraction of sp³-hybridized carbons (Fsp3) is 0.111. The Labute approximate surface area is 148 Å². The van der Waals surface area contributed by atoms with Gasteiger partial charge >= 0.3 is 0 Å². The van der Waals surface area contributed by atoms with Gasteiger partial charge in [-0.15, -0.1) is 11.3 Å². The highest BCUT2D eigenvalue weighted by atomic mass is 35.5. The van der Waals surface area contributed by atoms with Gasteiger partial charge in [-0.2, -0.15) is 0 Å². The predicted molar refractivity (Wildman–Crippen MR) is 95.0 cm³/mol. The lowest BCUT2D eigenvalue weighted by atomic mass is 10.2. The lowest BCUT2D eigenvalue weighted by Crippen LogP contribution is -2.26. The highest BCUT2D eigenvalue weighted by Crippen LogP contribution is 2.24. The Morgan fingerprint density at radius 3 is 2.83 bits per heavy atom. The van der Waals surface area contributed by atoms with E-state index in [2.05, 4.69) is 10.3 Å². The van der Waals surface area contributed by atoms with Crippen LogP contribution in [0.5, 0.6) is 0 Å². The van der Waals surface area contributed by atoms with E-state index in [1.54, 1.807) is 30.3 Å². The molecule has 1 amide bonds. The van der Waals surface area contributed by atoms with E-state index in [0.717, 1.165) is 16.3 Å². The number of thiazole rings is 1. The van der Waals surface area contributed by atoms with Crippen LogP contribution in [0.3, 0.4) is 0 Å². The number of hydrogen-bond acceptors (Lipinski definition) is 3. The summed E-state index contributed by atoms with van der Waals surface area (Å²) in [6.07, 6.45) is 0.599. The van der Waals surface area contributed by atoms with Crippen LogP contribution in [0.1, 0.15) is 16.1 Å². The Kier molecular flexibility index (Phi) is 5.23. The second kappa shape index (κ2) is 7.55. The van der Waals surface area contributed by atoms with Gasteiger partial charge in [0.2, 0.25) is 0 Å². The number of aromatic nitrogens is 1. The van der Waals surface area contributed by atoms with Gasteiger partial charge in [-0.25, -0.2) is 9.37 Å². The van der Waals surface area contributed by atoms with Crippen LogP contribution in [0.2, 0.25) is 5.02 Å². The monoisotopic (exact) mass is 360 g/mol. The van der Waals surface area contributed by atoms with E-state index >= 15 is 0 Å². The van der Waals surface area contributed by atoms with E-state index in [-0.39, 0.29) is 11.7 Å². The lowest BCUT2D eigenvalue weighted by Gasteiger charge is -2.05. The smallest absolute Gasteiger partial charge is 0.252 e. The molecule has 0 bridgehead atoms. The van der Waals surface area contributed by atoms with Gasteiger partial charge in [0.05, 0.1) is 16.3 Å². The fourth-order valence-electron chi connectivity index (χ4n) is 2.22. The highest BCUT2D eigenvalue weighted by molar-refractivity contribution is 7.13. The van der Waals surface area contributed by atoms with Crippen LogP contribution in [0.15, 0.2) is 53.9 Å². The molecule has 1 aromatic heterocycles. The Morgan fingerprint density at radius 2 is 2.04 bits per heavy atom. The second-order valence-corrected chi connectivity index (χ2v) is 6.41. The molecule has 0 fully saturated rings. The van der Waals surface area contributed by atoms with Crippen molar-refractivity contribution < 1.29 is 9.18 Å². The van der Waals surface area contributed by atoms with E-state index in [9.17, 15) is 9.18 Å². The van der Waals surface area contributed by atoms with Crippen molar-refractivity contribution in [2.75, 3.05) is 6.54 Å². The van der Waals surface area contributed by atoms with Crippen molar-refractivity contribution in [3.63, 3.8) is 0 Å². The number of rotatable bonds is 5. The van der Waals surface area contributed by atoms with E-state index in [1.165, 1.54) is 23.5 Å². The quantitative estimate of drug-likeness (QED) is 0.723. The number of nitrogens with one attached hydrogen (secondary N) is 1. The van der Waals surface area contributed by atoms with Crippen molar-refractivity contribution in [3.05, 3.63) is 76.0 Å². The molecule has 0 saturated heterocycles. The van der Waals surface area contributed by atoms with Gasteiger partial charge < -0.3 is 5.32 Å². The Hall–Kier alpha value is -2.24. The molecule has 0 spiro atoms. The summed E-state index contributed by atoms with van der Waals surface area (Å²) in [4.78, 5) is 16.5. The summed E-state index contributed by atoms with van der Waals surface area (Å²) < 4.78 is 13.3. The van der Waals surface area contributed by atoms with E-state index in [1.807, 2.05) is 11.4 Å². The summed E-state index contributed by atoms with van der Waals surface area (Å²) in [5.41, 5.74) is 2.07. The minimum Gasteiger partial charge on any atom is -0.352 e. The number of carbonyl (C=O) groups excluding carboxylic acids is 1. The third-order valence-corrected chi connectivity index (χ3v) is 4.68. The van der Waals surface area contributed by atoms with Crippen molar-refractivity contribution in [1.82, 2.24) is 10.3 Å². The van der Waals surface area contributed by atoms with Crippen LogP contribution in [-0.2, 0) is 6.42 Å². The average molecular weight is 361 g/mol. The third kappa shape index (κ3) is 3.99. The minimum atomic E-state index is -0.281. The third-order valence-electron chi connectivity index (χ3n) is 3.41. The largest absolute Gasteiger partial charge is 0.352 e. The first-order valence-corrected chi connectivity index (χ1v) is 8.62. The van der Waals surface area contributed by atoms with Crippen LogP contribution in [-0.4, -0.2) is 17.4 Å². The standard InChI is InChI=1S/C18H14ClFN2OS/c19-16-7-2-1-6-15(16)17(23)21-9-8-14-11-24-18(22-14)12-4-3-5-13(20)10-12/h1-7,10-11H,8-9H2,(H,21,23). The molecule has 0 aliphatic rings. The Balaban J connectivity index is 1.58. The molecule has 0 aliphatic carbocycles. The zero-order chi connectivity index (χ0) is 16.9. The van der Waals surface area contributed by atoms with Gasteiger partial charge in [-0.3, -0.25) is 4.79 Å². The summed E-state index contributed by atoms with van der Waals surface area (Å²) >= 11 is 7.45. The number of benzene rings is 2. The number of hydrogen-bond donors (Lipinski definition) is 1. The van der Waals surface area contributed by atoms with Crippen molar-refractivity contribution in [2.45, 2.75) is 6.42 Å². The number of carbonyl (C=O) groups is 1. The topological polar surface area (TPSA) is 42.0 Å². The van der Waals surface area contributed by atoms with Gasteiger partial charge in [0.15, 0.2) is 0 Å². The molecule has 1 heterocycles. The van der Waals surface area contributed by atoms with Crippen LogP contribution >= 0.6 is 22.9 Å². The van der Waals surface area contributed by atoms with Crippen LogP contribution in [0, 0.1) is 5.82 Å². The molecule has 0 radical (unpaired) electrons. The summed E-state index contributed by atoms with van der Waals surface area (Å²) in [7, 11) is 0. The molecule has 0 atom stereocenters. The average Bonchev–Trinajstić information content (AvgIpc) is 3.04. The van der Waals surface area contributed by atoms with Crippen LogP contribution in [0.25, 0.3) is 10.6 Å². The molecule has 2 aromatic carbocycles. The molecule has 3 nitrogen and oxygen atoms in total. The maximum atomic E-state index is 13.3. The molecule has 0 aliphatic heterocycles. The molecule has 6 heteroatoms. The maximum absolute atomic E-state index is 13.3. The Morgan fingerprint density at radius 1 is 1.21 bits per heavy atom. The molecule has 0 saturated carbocycles. The highest BCUT2D eigenvalue weighted by Gasteiger charge is 2.10. The van der Waals surface area contributed by atoms with E-state index in [4.69, 9.17) is 11.6 Å². The molecule has 1 N–H and O–H groups in total. The van der Waals surface area contributed by atoms with Crippen molar-refractivity contribution in [2.24, 2.45) is 0 Å². The van der Waals surface area contributed by atoms with Crippen LogP contribution < -0.4 is 5.32 Å². The van der Waals surface area contributed by atoms with Gasteiger partial charge in [-0.1, -0.05) is 35.9 Å². The van der Waals surface area contributed by atoms with Gasteiger partial charge in [-0.05, 0) is 24.3 Å². The molecular formula is C18H14ClFN2OS. The van der Waals surface area contributed by atoms with Crippen molar-refractivity contribution >= 4 is 28.8 Å². The maximum Gasteiger partial charge on any atom is 0.252 e. The van der Waals surface area contributed by atoms with Crippen molar-refractivity contribution in [1.29, 1.82) is 0 Å². The molecule has 3 rings (SSSR count). The van der Waals surface area contributed by atoms with Crippen molar-refractivity contribution in [3.8, 4) is 10.6 Å².